The van der Waals surface area contributed by atoms with Gasteiger partial charge in [0.2, 0.25) is 0 Å². The van der Waals surface area contributed by atoms with Gasteiger partial charge >= 0.3 is 0 Å². The van der Waals surface area contributed by atoms with Crippen molar-refractivity contribution in [2.75, 3.05) is 6.61 Å². The predicted octanol–water partition coefficient (Wildman–Crippen LogP) is 3.63. The molecule has 0 rings (SSSR count). The molecule has 0 aromatic rings. The molecule has 0 aliphatic carbocycles. The highest BCUT2D eigenvalue weighted by atomic mass is 16.5. The number of rotatable bonds is 8. The Kier molecular flexibility index (Phi) is 8.45. The molecule has 0 aromatic carbocycles. The lowest BCUT2D eigenvalue weighted by molar-refractivity contribution is -0.129. The molecule has 0 fully saturated rings. The summed E-state index contributed by atoms with van der Waals surface area (Å²) in [5, 5.41) is 0. The first-order valence-corrected chi connectivity index (χ1v) is 8.08. The smallest absolute Gasteiger partial charge is 0.252 e. The van der Waals surface area contributed by atoms with Crippen molar-refractivity contribution in [3.63, 3.8) is 0 Å². The number of hydrogen-bond acceptors (Lipinski definition) is 3. The maximum Gasteiger partial charge on any atom is 0.252 e. The van der Waals surface area contributed by atoms with Crippen LogP contribution in [0.3, 0.4) is 0 Å². The second-order valence-corrected chi connectivity index (χ2v) is 6.44. The quantitative estimate of drug-likeness (QED) is 0.507. The second kappa shape index (κ2) is 8.96. The minimum Gasteiger partial charge on any atom is -0.479 e. The van der Waals surface area contributed by atoms with E-state index in [4.69, 9.17) is 4.74 Å². The maximum absolute atomic E-state index is 12.6. The van der Waals surface area contributed by atoms with Crippen molar-refractivity contribution in [2.24, 2.45) is 0 Å². The third kappa shape index (κ3) is 5.98. The fraction of sp³-hybridized carbons (Fsp3) is 0.824. The standard InChI is InChI=1S/C17H34N2O2/c1-10-21-17(19(14(6)7)15(8)9)11-16(20)18(12(2)3)13(4)5/h11-15H,10H2,1-9H3/b17-11-. The summed E-state index contributed by atoms with van der Waals surface area (Å²) in [7, 11) is 0. The molecule has 0 unspecified atom stereocenters. The van der Waals surface area contributed by atoms with E-state index in [2.05, 4.69) is 32.6 Å². The van der Waals surface area contributed by atoms with Crippen molar-refractivity contribution in [3.05, 3.63) is 12.0 Å². The second-order valence-electron chi connectivity index (χ2n) is 6.44. The summed E-state index contributed by atoms with van der Waals surface area (Å²) in [6.07, 6.45) is 1.64. The largest absolute Gasteiger partial charge is 0.479 e. The van der Waals surface area contributed by atoms with Crippen molar-refractivity contribution < 1.29 is 9.53 Å². The van der Waals surface area contributed by atoms with E-state index in [0.717, 1.165) is 0 Å². The van der Waals surface area contributed by atoms with E-state index in [1.165, 1.54) is 0 Å². The van der Waals surface area contributed by atoms with Crippen LogP contribution in [0.2, 0.25) is 0 Å². The molecule has 0 atom stereocenters. The summed E-state index contributed by atoms with van der Waals surface area (Å²) in [6.45, 7) is 19.1. The van der Waals surface area contributed by atoms with E-state index in [1.807, 2.05) is 39.5 Å². The van der Waals surface area contributed by atoms with Crippen LogP contribution in [0.15, 0.2) is 12.0 Å². The van der Waals surface area contributed by atoms with E-state index in [9.17, 15) is 4.79 Å². The first-order chi connectivity index (χ1) is 9.63. The van der Waals surface area contributed by atoms with Crippen LogP contribution in [-0.4, -0.2) is 46.5 Å². The third-order valence-electron chi connectivity index (χ3n) is 3.27. The first kappa shape index (κ1) is 19.8. The monoisotopic (exact) mass is 298 g/mol. The van der Waals surface area contributed by atoms with Crippen LogP contribution in [0, 0.1) is 0 Å². The first-order valence-electron chi connectivity index (χ1n) is 8.08. The van der Waals surface area contributed by atoms with Crippen molar-refractivity contribution in [3.8, 4) is 0 Å². The molecule has 0 heterocycles. The minimum atomic E-state index is 0.00903. The highest BCUT2D eigenvalue weighted by molar-refractivity contribution is 5.88. The van der Waals surface area contributed by atoms with Gasteiger partial charge in [0.05, 0.1) is 12.7 Å². The topological polar surface area (TPSA) is 32.8 Å². The molecule has 0 N–H and O–H groups in total. The Morgan fingerprint density at radius 2 is 1.24 bits per heavy atom. The van der Waals surface area contributed by atoms with E-state index >= 15 is 0 Å². The molecule has 0 saturated heterocycles. The van der Waals surface area contributed by atoms with Crippen LogP contribution in [0.5, 0.6) is 0 Å². The molecule has 1 amide bonds. The van der Waals surface area contributed by atoms with E-state index in [-0.39, 0.29) is 30.1 Å². The van der Waals surface area contributed by atoms with Gasteiger partial charge in [-0.3, -0.25) is 4.79 Å². The number of ether oxygens (including phenoxy) is 1. The average Bonchev–Trinajstić information content (AvgIpc) is 2.26. The van der Waals surface area contributed by atoms with Gasteiger partial charge in [0.25, 0.3) is 5.91 Å². The molecule has 0 aliphatic heterocycles. The van der Waals surface area contributed by atoms with Crippen LogP contribution in [0.4, 0.5) is 0 Å². The van der Waals surface area contributed by atoms with Crippen LogP contribution in [0.1, 0.15) is 62.3 Å². The Balaban J connectivity index is 5.48. The van der Waals surface area contributed by atoms with Gasteiger partial charge in [-0.15, -0.1) is 0 Å². The SMILES string of the molecule is CCO/C(=C\C(=O)N(C(C)C)C(C)C)N(C(C)C)C(C)C. The summed E-state index contributed by atoms with van der Waals surface area (Å²) < 4.78 is 5.75. The fourth-order valence-electron chi connectivity index (χ4n) is 2.73. The van der Waals surface area contributed by atoms with Gasteiger partial charge in [-0.05, 0) is 62.3 Å². The highest BCUT2D eigenvalue weighted by Gasteiger charge is 2.23. The molecule has 0 saturated carbocycles. The molecule has 0 radical (unpaired) electrons. The van der Waals surface area contributed by atoms with Crippen LogP contribution < -0.4 is 0 Å². The molecule has 0 aromatic heterocycles. The van der Waals surface area contributed by atoms with Crippen molar-refractivity contribution in [2.45, 2.75) is 86.5 Å². The zero-order valence-electron chi connectivity index (χ0n) is 15.3. The van der Waals surface area contributed by atoms with Gasteiger partial charge in [-0.25, -0.2) is 0 Å². The Morgan fingerprint density at radius 3 is 1.52 bits per heavy atom. The third-order valence-corrected chi connectivity index (χ3v) is 3.27. The summed E-state index contributed by atoms with van der Waals surface area (Å²) in [5.74, 6) is 0.675. The molecule has 4 heteroatoms. The van der Waals surface area contributed by atoms with Gasteiger partial charge in [0.15, 0.2) is 5.88 Å². The zero-order valence-corrected chi connectivity index (χ0v) is 15.3. The molecule has 4 nitrogen and oxygen atoms in total. The zero-order chi connectivity index (χ0) is 16.7. The van der Waals surface area contributed by atoms with Gasteiger partial charge in [-0.1, -0.05) is 0 Å². The van der Waals surface area contributed by atoms with E-state index < -0.39 is 0 Å². The van der Waals surface area contributed by atoms with Crippen LogP contribution >= 0.6 is 0 Å². The number of amides is 1. The van der Waals surface area contributed by atoms with Crippen LogP contribution in [0.25, 0.3) is 0 Å². The number of carbonyl (C=O) groups is 1. The Morgan fingerprint density at radius 1 is 0.857 bits per heavy atom. The van der Waals surface area contributed by atoms with Crippen LogP contribution in [-0.2, 0) is 9.53 Å². The Bertz CT molecular complexity index is 331. The Labute approximate surface area is 131 Å². The summed E-state index contributed by atoms with van der Waals surface area (Å²) in [4.78, 5) is 16.6. The number of nitrogens with zero attached hydrogens (tertiary/aromatic N) is 2. The molecule has 0 aliphatic rings. The van der Waals surface area contributed by atoms with Gasteiger partial charge in [0, 0.05) is 24.2 Å². The minimum absolute atomic E-state index is 0.00903. The van der Waals surface area contributed by atoms with E-state index in [1.54, 1.807) is 6.08 Å². The van der Waals surface area contributed by atoms with Gasteiger partial charge in [-0.2, -0.15) is 0 Å². The molecular weight excluding hydrogens is 264 g/mol. The van der Waals surface area contributed by atoms with Crippen molar-refractivity contribution in [1.82, 2.24) is 9.80 Å². The summed E-state index contributed by atoms with van der Waals surface area (Å²) >= 11 is 0. The normalized spacial score (nSPS) is 12.5. The summed E-state index contributed by atoms with van der Waals surface area (Å²) in [5.41, 5.74) is 0. The fourth-order valence-corrected chi connectivity index (χ4v) is 2.73. The van der Waals surface area contributed by atoms with Crippen molar-refractivity contribution >= 4 is 5.91 Å². The lowest BCUT2D eigenvalue weighted by atomic mass is 10.2. The predicted molar refractivity (Wildman–Crippen MR) is 88.9 cm³/mol. The lowest BCUT2D eigenvalue weighted by Gasteiger charge is -2.35. The highest BCUT2D eigenvalue weighted by Crippen LogP contribution is 2.17. The molecule has 0 bridgehead atoms. The lowest BCUT2D eigenvalue weighted by Crippen LogP contribution is -2.43. The van der Waals surface area contributed by atoms with Gasteiger partial charge < -0.3 is 14.5 Å². The van der Waals surface area contributed by atoms with E-state index in [0.29, 0.717) is 12.5 Å². The maximum atomic E-state index is 12.6. The average molecular weight is 298 g/mol. The van der Waals surface area contributed by atoms with Gasteiger partial charge in [0.1, 0.15) is 0 Å². The molecule has 124 valence electrons. The van der Waals surface area contributed by atoms with Crippen molar-refractivity contribution in [1.29, 1.82) is 0 Å². The molecule has 21 heavy (non-hydrogen) atoms. The number of hydrogen-bond donors (Lipinski definition) is 0. The summed E-state index contributed by atoms with van der Waals surface area (Å²) in [6, 6.07) is 0.899. The Hall–Kier alpha value is -1.19. The number of carbonyl (C=O) groups excluding carboxylic acids is 1. The molecular formula is C17H34N2O2. The molecule has 0 spiro atoms.